The van der Waals surface area contributed by atoms with Crippen molar-refractivity contribution in [3.63, 3.8) is 0 Å². The summed E-state index contributed by atoms with van der Waals surface area (Å²) in [7, 11) is 0. The quantitative estimate of drug-likeness (QED) is 0.771. The van der Waals surface area contributed by atoms with E-state index in [1.165, 1.54) is 5.39 Å². The highest BCUT2D eigenvalue weighted by Crippen LogP contribution is 2.19. The van der Waals surface area contributed by atoms with Crippen LogP contribution in [0, 0.1) is 12.8 Å². The molecule has 1 aliphatic heterocycles. The number of nitrogens with one attached hydrogen (secondary N) is 2. The van der Waals surface area contributed by atoms with E-state index in [0.717, 1.165) is 42.1 Å². The van der Waals surface area contributed by atoms with Gasteiger partial charge in [0.05, 0.1) is 12.5 Å². The molecule has 0 fully saturated rings. The minimum Gasteiger partial charge on any atom is -0.358 e. The van der Waals surface area contributed by atoms with Crippen LogP contribution in [0.15, 0.2) is 30.3 Å². The van der Waals surface area contributed by atoms with Crippen molar-refractivity contribution in [3.05, 3.63) is 47.7 Å². The van der Waals surface area contributed by atoms with Gasteiger partial charge in [-0.3, -0.25) is 4.79 Å². The molecule has 1 unspecified atom stereocenters. The summed E-state index contributed by atoms with van der Waals surface area (Å²) in [6.07, 6.45) is 2.47. The molecule has 0 saturated carbocycles. The third-order valence-electron chi connectivity index (χ3n) is 4.61. The van der Waals surface area contributed by atoms with Crippen molar-refractivity contribution < 1.29 is 4.79 Å². The molecule has 24 heavy (non-hydrogen) atoms. The van der Waals surface area contributed by atoms with Crippen LogP contribution < -0.4 is 5.32 Å². The van der Waals surface area contributed by atoms with Crippen molar-refractivity contribution in [2.24, 2.45) is 5.92 Å². The molecule has 3 heterocycles. The number of fused-ring (bicyclic) bond motifs is 2. The number of aromatic amines is 1. The van der Waals surface area contributed by atoms with Crippen LogP contribution in [0.3, 0.4) is 0 Å². The van der Waals surface area contributed by atoms with Gasteiger partial charge in [0.25, 0.3) is 0 Å². The molecule has 1 amide bonds. The van der Waals surface area contributed by atoms with Gasteiger partial charge in [-0.15, -0.1) is 0 Å². The Morgan fingerprint density at radius 2 is 2.29 bits per heavy atom. The fraction of sp³-hybridized carbons (Fsp3) is 0.389. The monoisotopic (exact) mass is 323 g/mol. The SMILES string of the molecule is Cc1nc2n(n1)CC(C(=O)NCCc1cc3ccccc3[nH]1)CC2. The fourth-order valence-electron chi connectivity index (χ4n) is 3.38. The summed E-state index contributed by atoms with van der Waals surface area (Å²) in [6.45, 7) is 3.17. The second-order valence-corrected chi connectivity index (χ2v) is 6.42. The minimum absolute atomic E-state index is 0.0127. The van der Waals surface area contributed by atoms with Crippen LogP contribution >= 0.6 is 0 Å². The average Bonchev–Trinajstić information content (AvgIpc) is 3.15. The lowest BCUT2D eigenvalue weighted by Crippen LogP contribution is -2.37. The zero-order chi connectivity index (χ0) is 16.5. The van der Waals surface area contributed by atoms with E-state index in [1.54, 1.807) is 0 Å². The van der Waals surface area contributed by atoms with Gasteiger partial charge in [0.2, 0.25) is 5.91 Å². The van der Waals surface area contributed by atoms with Gasteiger partial charge in [-0.2, -0.15) is 5.10 Å². The predicted octanol–water partition coefficient (Wildman–Crippen LogP) is 1.99. The molecule has 1 aliphatic rings. The lowest BCUT2D eigenvalue weighted by atomic mass is 9.99. The summed E-state index contributed by atoms with van der Waals surface area (Å²) in [5.74, 6) is 1.88. The molecule has 1 atom stereocenters. The van der Waals surface area contributed by atoms with Crippen molar-refractivity contribution in [1.29, 1.82) is 0 Å². The second kappa shape index (κ2) is 6.11. The van der Waals surface area contributed by atoms with Crippen LogP contribution in [-0.2, 0) is 24.2 Å². The molecule has 2 aromatic heterocycles. The van der Waals surface area contributed by atoms with Gasteiger partial charge >= 0.3 is 0 Å². The molecule has 6 nitrogen and oxygen atoms in total. The van der Waals surface area contributed by atoms with Crippen LogP contribution in [0.25, 0.3) is 10.9 Å². The number of benzene rings is 1. The topological polar surface area (TPSA) is 75.6 Å². The Morgan fingerprint density at radius 3 is 3.17 bits per heavy atom. The first-order valence-electron chi connectivity index (χ1n) is 8.44. The first-order chi connectivity index (χ1) is 11.7. The van der Waals surface area contributed by atoms with E-state index in [4.69, 9.17) is 0 Å². The van der Waals surface area contributed by atoms with Gasteiger partial charge in [0, 0.05) is 30.6 Å². The summed E-state index contributed by atoms with van der Waals surface area (Å²) < 4.78 is 1.88. The number of carbonyl (C=O) groups excluding carboxylic acids is 1. The Labute approximate surface area is 140 Å². The number of H-pyrrole nitrogens is 1. The predicted molar refractivity (Wildman–Crippen MR) is 91.6 cm³/mol. The lowest BCUT2D eigenvalue weighted by molar-refractivity contribution is -0.126. The van der Waals surface area contributed by atoms with Gasteiger partial charge in [-0.25, -0.2) is 9.67 Å². The number of aryl methyl sites for hydroxylation is 2. The van der Waals surface area contributed by atoms with Gasteiger partial charge in [0.1, 0.15) is 11.6 Å². The Kier molecular flexibility index (Phi) is 3.80. The molecule has 6 heteroatoms. The van der Waals surface area contributed by atoms with E-state index in [0.29, 0.717) is 13.1 Å². The Hall–Kier alpha value is -2.63. The Morgan fingerprint density at radius 1 is 1.42 bits per heavy atom. The van der Waals surface area contributed by atoms with Gasteiger partial charge in [-0.1, -0.05) is 18.2 Å². The zero-order valence-electron chi connectivity index (χ0n) is 13.7. The van der Waals surface area contributed by atoms with Crippen molar-refractivity contribution >= 4 is 16.8 Å². The van der Waals surface area contributed by atoms with E-state index in [9.17, 15) is 4.79 Å². The average molecular weight is 323 g/mol. The number of rotatable bonds is 4. The summed E-state index contributed by atoms with van der Waals surface area (Å²) in [5, 5.41) is 8.63. The van der Waals surface area contributed by atoms with Crippen LogP contribution in [0.4, 0.5) is 0 Å². The normalized spacial score (nSPS) is 17.0. The van der Waals surface area contributed by atoms with Crippen molar-refractivity contribution in [3.8, 4) is 0 Å². The molecule has 1 aromatic carbocycles. The summed E-state index contributed by atoms with van der Waals surface area (Å²) in [5.41, 5.74) is 2.29. The van der Waals surface area contributed by atoms with Crippen molar-refractivity contribution in [1.82, 2.24) is 25.1 Å². The van der Waals surface area contributed by atoms with Crippen LogP contribution in [-0.4, -0.2) is 32.2 Å². The van der Waals surface area contributed by atoms with E-state index in [2.05, 4.69) is 38.6 Å². The highest BCUT2D eigenvalue weighted by atomic mass is 16.1. The van der Waals surface area contributed by atoms with Gasteiger partial charge in [-0.05, 0) is 30.9 Å². The molecule has 0 radical (unpaired) electrons. The van der Waals surface area contributed by atoms with Crippen molar-refractivity contribution in [2.75, 3.05) is 6.54 Å². The maximum Gasteiger partial charge on any atom is 0.225 e. The first kappa shape index (κ1) is 14.9. The molecule has 3 aromatic rings. The lowest BCUT2D eigenvalue weighted by Gasteiger charge is -2.21. The molecule has 2 N–H and O–H groups in total. The van der Waals surface area contributed by atoms with Crippen molar-refractivity contribution in [2.45, 2.75) is 32.7 Å². The van der Waals surface area contributed by atoms with E-state index in [1.807, 2.05) is 23.7 Å². The highest BCUT2D eigenvalue weighted by molar-refractivity contribution is 5.80. The molecule has 0 saturated heterocycles. The van der Waals surface area contributed by atoms with Crippen LogP contribution in [0.5, 0.6) is 0 Å². The smallest absolute Gasteiger partial charge is 0.225 e. The van der Waals surface area contributed by atoms with Crippen LogP contribution in [0.2, 0.25) is 0 Å². The molecule has 0 bridgehead atoms. The number of hydrogen-bond donors (Lipinski definition) is 2. The minimum atomic E-state index is -0.0127. The number of aromatic nitrogens is 4. The fourth-order valence-corrected chi connectivity index (χ4v) is 3.38. The number of carbonyl (C=O) groups is 1. The van der Waals surface area contributed by atoms with E-state index < -0.39 is 0 Å². The number of nitrogens with zero attached hydrogens (tertiary/aromatic N) is 3. The van der Waals surface area contributed by atoms with E-state index in [-0.39, 0.29) is 11.8 Å². The summed E-state index contributed by atoms with van der Waals surface area (Å²) in [6, 6.07) is 10.4. The third kappa shape index (κ3) is 2.91. The van der Waals surface area contributed by atoms with E-state index >= 15 is 0 Å². The Balaban J connectivity index is 1.32. The first-order valence-corrected chi connectivity index (χ1v) is 8.44. The molecular formula is C18H21N5O. The molecule has 0 aliphatic carbocycles. The largest absolute Gasteiger partial charge is 0.358 e. The highest BCUT2D eigenvalue weighted by Gasteiger charge is 2.26. The second-order valence-electron chi connectivity index (χ2n) is 6.42. The number of hydrogen-bond acceptors (Lipinski definition) is 3. The van der Waals surface area contributed by atoms with Crippen LogP contribution in [0.1, 0.15) is 23.8 Å². The zero-order valence-corrected chi connectivity index (χ0v) is 13.7. The number of para-hydroxylation sites is 1. The maximum atomic E-state index is 12.4. The molecular weight excluding hydrogens is 302 g/mol. The Bertz CT molecular complexity index is 846. The summed E-state index contributed by atoms with van der Waals surface area (Å²) >= 11 is 0. The van der Waals surface area contributed by atoms with Gasteiger partial charge in [0.15, 0.2) is 0 Å². The standard InChI is InChI=1S/C18H21N5O/c1-12-20-17-7-6-14(11-23(17)22-12)18(24)19-9-8-15-10-13-4-2-3-5-16(13)21-15/h2-5,10,14,21H,6-9,11H2,1H3,(H,19,24). The third-order valence-corrected chi connectivity index (χ3v) is 4.61. The van der Waals surface area contributed by atoms with Gasteiger partial charge < -0.3 is 10.3 Å². The maximum absolute atomic E-state index is 12.4. The molecule has 124 valence electrons. The molecule has 4 rings (SSSR count). The number of amides is 1. The molecule has 0 spiro atoms. The summed E-state index contributed by atoms with van der Waals surface area (Å²) in [4.78, 5) is 20.2.